The highest BCUT2D eigenvalue weighted by molar-refractivity contribution is 7.16. The summed E-state index contributed by atoms with van der Waals surface area (Å²) in [4.78, 5) is 25.6. The molecule has 2 aliphatic heterocycles. The molecule has 2 fully saturated rings. The molecule has 0 radical (unpaired) electrons. The van der Waals surface area contributed by atoms with Crippen molar-refractivity contribution in [2.45, 2.75) is 57.2 Å². The fourth-order valence-electron chi connectivity index (χ4n) is 4.47. The van der Waals surface area contributed by atoms with Crippen LogP contribution in [-0.4, -0.2) is 29.2 Å². The number of hydrogen-bond donors (Lipinski definition) is 2. The number of aliphatic carboxylic acids is 1. The third kappa shape index (κ3) is 2.74. The molecule has 0 aromatic carbocycles. The van der Waals surface area contributed by atoms with E-state index in [1.54, 1.807) is 0 Å². The standard InChI is InChI=1S/C18H20N2O4S/c19-8-10-9-4-2-1-3-5-13(9)25-17(10)20-16(21)14-11-6-7-12(24-11)15(14)18(22)23/h11-12,14-15H,1-7H2,(H,20,21)(H,22,23). The maximum Gasteiger partial charge on any atom is 0.310 e. The molecule has 4 rings (SSSR count). The first-order valence-electron chi connectivity index (χ1n) is 8.84. The normalized spacial score (nSPS) is 30.4. The predicted molar refractivity (Wildman–Crippen MR) is 91.4 cm³/mol. The molecule has 2 saturated heterocycles. The van der Waals surface area contributed by atoms with Crippen LogP contribution in [0.25, 0.3) is 0 Å². The first-order chi connectivity index (χ1) is 12.1. The highest BCUT2D eigenvalue weighted by Crippen LogP contribution is 2.45. The van der Waals surface area contributed by atoms with Gasteiger partial charge in [0.15, 0.2) is 0 Å². The number of nitriles is 1. The number of rotatable bonds is 3. The van der Waals surface area contributed by atoms with Crippen molar-refractivity contribution in [3.8, 4) is 6.07 Å². The number of thiophene rings is 1. The van der Waals surface area contributed by atoms with Crippen molar-refractivity contribution in [2.75, 3.05) is 5.32 Å². The molecule has 1 aromatic heterocycles. The van der Waals surface area contributed by atoms with E-state index in [0.717, 1.165) is 44.1 Å². The average Bonchev–Trinajstić information content (AvgIpc) is 3.23. The van der Waals surface area contributed by atoms with Crippen LogP contribution in [0.5, 0.6) is 0 Å². The predicted octanol–water partition coefficient (Wildman–Crippen LogP) is 2.71. The summed E-state index contributed by atoms with van der Waals surface area (Å²) in [6, 6.07) is 2.24. The molecular formula is C18H20N2O4S. The van der Waals surface area contributed by atoms with Crippen LogP contribution in [0.1, 0.15) is 48.1 Å². The number of fused-ring (bicyclic) bond motifs is 3. The summed E-state index contributed by atoms with van der Waals surface area (Å²) in [5.41, 5.74) is 1.63. The van der Waals surface area contributed by atoms with E-state index in [-0.39, 0.29) is 18.1 Å². The Morgan fingerprint density at radius 2 is 1.88 bits per heavy atom. The summed E-state index contributed by atoms with van der Waals surface area (Å²) in [6.07, 6.45) is 5.87. The summed E-state index contributed by atoms with van der Waals surface area (Å²) < 4.78 is 5.67. The number of nitrogens with one attached hydrogen (secondary N) is 1. The lowest BCUT2D eigenvalue weighted by Crippen LogP contribution is -2.40. The number of ether oxygens (including phenoxy) is 1. The van der Waals surface area contributed by atoms with Crippen molar-refractivity contribution in [2.24, 2.45) is 11.8 Å². The van der Waals surface area contributed by atoms with Crippen LogP contribution in [0.3, 0.4) is 0 Å². The van der Waals surface area contributed by atoms with Crippen LogP contribution in [0, 0.1) is 23.2 Å². The fourth-order valence-corrected chi connectivity index (χ4v) is 5.71. The zero-order valence-electron chi connectivity index (χ0n) is 13.8. The van der Waals surface area contributed by atoms with Crippen molar-refractivity contribution >= 4 is 28.2 Å². The third-order valence-corrected chi connectivity index (χ3v) is 6.84. The van der Waals surface area contributed by atoms with E-state index in [0.29, 0.717) is 17.0 Å². The molecule has 7 heteroatoms. The van der Waals surface area contributed by atoms with Gasteiger partial charge in [0.25, 0.3) is 0 Å². The van der Waals surface area contributed by atoms with Gasteiger partial charge >= 0.3 is 5.97 Å². The Hall–Kier alpha value is -1.91. The topological polar surface area (TPSA) is 99.4 Å². The Balaban J connectivity index is 1.59. The van der Waals surface area contributed by atoms with Gasteiger partial charge in [0.05, 0.1) is 29.6 Å². The lowest BCUT2D eigenvalue weighted by atomic mass is 9.79. The summed E-state index contributed by atoms with van der Waals surface area (Å²) in [5, 5.41) is 22.5. The molecule has 4 atom stereocenters. The fraction of sp³-hybridized carbons (Fsp3) is 0.611. The Morgan fingerprint density at radius 1 is 1.16 bits per heavy atom. The van der Waals surface area contributed by atoms with Gasteiger partial charge in [-0.05, 0) is 44.1 Å². The van der Waals surface area contributed by atoms with E-state index in [1.807, 2.05) is 0 Å². The first kappa shape index (κ1) is 16.6. The average molecular weight is 360 g/mol. The molecule has 6 nitrogen and oxygen atoms in total. The summed E-state index contributed by atoms with van der Waals surface area (Å²) in [6.45, 7) is 0. The maximum atomic E-state index is 12.8. The minimum absolute atomic E-state index is 0.325. The molecule has 3 aliphatic rings. The van der Waals surface area contributed by atoms with Crippen molar-refractivity contribution in [1.29, 1.82) is 5.26 Å². The zero-order valence-corrected chi connectivity index (χ0v) is 14.6. The van der Waals surface area contributed by atoms with Crippen LogP contribution >= 0.6 is 11.3 Å². The number of amides is 1. The minimum atomic E-state index is -0.977. The van der Waals surface area contributed by atoms with Gasteiger partial charge in [-0.25, -0.2) is 0 Å². The van der Waals surface area contributed by atoms with Crippen LogP contribution in [0.4, 0.5) is 5.00 Å². The SMILES string of the molecule is N#Cc1c(NC(=O)C2C3CCC(O3)C2C(=O)O)sc2c1CCCCC2. The van der Waals surface area contributed by atoms with E-state index >= 15 is 0 Å². The molecule has 4 unspecified atom stereocenters. The maximum absolute atomic E-state index is 12.8. The van der Waals surface area contributed by atoms with Crippen LogP contribution < -0.4 is 5.32 Å². The summed E-state index contributed by atoms with van der Waals surface area (Å²) in [5.74, 6) is -2.77. The molecule has 2 bridgehead atoms. The Labute approximate surface area is 149 Å². The highest BCUT2D eigenvalue weighted by atomic mass is 32.1. The number of hydrogen-bond acceptors (Lipinski definition) is 5. The van der Waals surface area contributed by atoms with Crippen molar-refractivity contribution in [3.63, 3.8) is 0 Å². The number of aryl methyl sites for hydroxylation is 1. The summed E-state index contributed by atoms with van der Waals surface area (Å²) >= 11 is 1.47. The van der Waals surface area contributed by atoms with Crippen molar-refractivity contribution in [3.05, 3.63) is 16.0 Å². The van der Waals surface area contributed by atoms with Crippen LogP contribution in [-0.2, 0) is 27.2 Å². The molecule has 1 amide bonds. The number of carbonyl (C=O) groups is 2. The zero-order chi connectivity index (χ0) is 17.6. The quantitative estimate of drug-likeness (QED) is 0.808. The lowest BCUT2D eigenvalue weighted by Gasteiger charge is -2.23. The van der Waals surface area contributed by atoms with E-state index in [1.165, 1.54) is 16.2 Å². The molecule has 3 heterocycles. The summed E-state index contributed by atoms with van der Waals surface area (Å²) in [7, 11) is 0. The number of nitrogens with zero attached hydrogens (tertiary/aromatic N) is 1. The molecule has 1 aliphatic carbocycles. The largest absolute Gasteiger partial charge is 0.481 e. The third-order valence-electron chi connectivity index (χ3n) is 5.63. The number of carboxylic acid groups (broad SMARTS) is 1. The molecular weight excluding hydrogens is 340 g/mol. The Kier molecular flexibility index (Phi) is 4.26. The monoisotopic (exact) mass is 360 g/mol. The van der Waals surface area contributed by atoms with Gasteiger partial charge in [-0.3, -0.25) is 9.59 Å². The number of carbonyl (C=O) groups excluding carboxylic acids is 1. The molecule has 25 heavy (non-hydrogen) atoms. The van der Waals surface area contributed by atoms with Gasteiger partial charge in [0.2, 0.25) is 5.91 Å². The number of anilines is 1. The lowest BCUT2D eigenvalue weighted by molar-refractivity contribution is -0.147. The molecule has 2 N–H and O–H groups in total. The molecule has 0 saturated carbocycles. The van der Waals surface area contributed by atoms with Crippen LogP contribution in [0.15, 0.2) is 0 Å². The molecule has 0 spiro atoms. The van der Waals surface area contributed by atoms with Gasteiger partial charge in [0, 0.05) is 4.88 Å². The van der Waals surface area contributed by atoms with Crippen molar-refractivity contribution in [1.82, 2.24) is 0 Å². The van der Waals surface area contributed by atoms with E-state index < -0.39 is 17.8 Å². The first-order valence-corrected chi connectivity index (χ1v) is 9.65. The van der Waals surface area contributed by atoms with E-state index in [4.69, 9.17) is 4.74 Å². The van der Waals surface area contributed by atoms with Gasteiger partial charge in [-0.15, -0.1) is 11.3 Å². The van der Waals surface area contributed by atoms with E-state index in [9.17, 15) is 20.0 Å². The molecule has 132 valence electrons. The minimum Gasteiger partial charge on any atom is -0.481 e. The second kappa shape index (κ2) is 6.43. The van der Waals surface area contributed by atoms with Gasteiger partial charge < -0.3 is 15.2 Å². The Morgan fingerprint density at radius 3 is 2.60 bits per heavy atom. The van der Waals surface area contributed by atoms with Gasteiger partial charge in [-0.1, -0.05) is 6.42 Å². The Bertz CT molecular complexity index is 766. The van der Waals surface area contributed by atoms with Crippen LogP contribution in [0.2, 0.25) is 0 Å². The van der Waals surface area contributed by atoms with Gasteiger partial charge in [0.1, 0.15) is 11.1 Å². The highest BCUT2D eigenvalue weighted by Gasteiger charge is 2.55. The van der Waals surface area contributed by atoms with E-state index in [2.05, 4.69) is 11.4 Å². The second-order valence-electron chi connectivity index (χ2n) is 7.05. The number of carboxylic acids is 1. The smallest absolute Gasteiger partial charge is 0.310 e. The molecule has 1 aromatic rings. The van der Waals surface area contributed by atoms with Gasteiger partial charge in [-0.2, -0.15) is 5.26 Å². The van der Waals surface area contributed by atoms with Crippen molar-refractivity contribution < 1.29 is 19.4 Å². The second-order valence-corrected chi connectivity index (χ2v) is 8.15.